The molecule has 7 heteroatoms. The summed E-state index contributed by atoms with van der Waals surface area (Å²) in [6, 6.07) is 26.3. The molecular weight excluding hydrogens is 440 g/mol. The van der Waals surface area contributed by atoms with E-state index >= 15 is 0 Å². The van der Waals surface area contributed by atoms with Crippen LogP contribution in [0.1, 0.15) is 12.0 Å². The van der Waals surface area contributed by atoms with Crippen LogP contribution < -0.4 is 5.32 Å². The van der Waals surface area contributed by atoms with E-state index < -0.39 is 9.84 Å². The number of rotatable bonds is 7. The highest BCUT2D eigenvalue weighted by Gasteiger charge is 2.19. The van der Waals surface area contributed by atoms with Gasteiger partial charge in [0.15, 0.2) is 15.0 Å². The largest absolute Gasteiger partial charge is 0.302 e. The predicted octanol–water partition coefficient (Wildman–Crippen LogP) is 5.59. The van der Waals surface area contributed by atoms with Crippen LogP contribution in [-0.2, 0) is 14.6 Å². The van der Waals surface area contributed by atoms with Gasteiger partial charge < -0.3 is 5.32 Å². The van der Waals surface area contributed by atoms with Crippen LogP contribution in [0.15, 0.2) is 89.8 Å². The Balaban J connectivity index is 1.52. The van der Waals surface area contributed by atoms with Crippen molar-refractivity contribution in [2.75, 3.05) is 11.1 Å². The molecule has 1 aromatic heterocycles. The second kappa shape index (κ2) is 9.46. The zero-order valence-electron chi connectivity index (χ0n) is 17.5. The van der Waals surface area contributed by atoms with Crippen LogP contribution in [0.25, 0.3) is 21.7 Å². The van der Waals surface area contributed by atoms with Gasteiger partial charge in [-0.3, -0.25) is 4.79 Å². The van der Waals surface area contributed by atoms with Crippen LogP contribution in [0.4, 0.5) is 5.13 Å². The lowest BCUT2D eigenvalue weighted by Crippen LogP contribution is -2.17. The van der Waals surface area contributed by atoms with Crippen molar-refractivity contribution in [1.29, 1.82) is 0 Å². The van der Waals surface area contributed by atoms with Gasteiger partial charge in [0, 0.05) is 12.0 Å². The van der Waals surface area contributed by atoms with E-state index in [2.05, 4.69) is 10.3 Å². The number of thiazole rings is 1. The third kappa shape index (κ3) is 5.12. The van der Waals surface area contributed by atoms with Gasteiger partial charge >= 0.3 is 0 Å². The summed E-state index contributed by atoms with van der Waals surface area (Å²) < 4.78 is 25.1. The maximum Gasteiger partial charge on any atom is 0.227 e. The minimum absolute atomic E-state index is 0.142. The summed E-state index contributed by atoms with van der Waals surface area (Å²) in [4.78, 5) is 18.3. The summed E-state index contributed by atoms with van der Waals surface area (Å²) in [5.41, 5.74) is 3.72. The third-order valence-corrected chi connectivity index (χ3v) is 7.69. The summed E-state index contributed by atoms with van der Waals surface area (Å²) in [6.07, 6.45) is -0.142. The molecule has 0 saturated carbocycles. The van der Waals surface area contributed by atoms with Crippen molar-refractivity contribution in [2.24, 2.45) is 0 Å². The number of nitrogens with one attached hydrogen (secondary N) is 1. The maximum atomic E-state index is 12.5. The number of aryl methyl sites for hydroxylation is 1. The Morgan fingerprint density at radius 3 is 2.09 bits per heavy atom. The fourth-order valence-corrected chi connectivity index (χ4v) is 5.47. The van der Waals surface area contributed by atoms with Crippen LogP contribution >= 0.6 is 11.3 Å². The second-order valence-electron chi connectivity index (χ2n) is 7.36. The van der Waals surface area contributed by atoms with E-state index in [4.69, 9.17) is 0 Å². The van der Waals surface area contributed by atoms with E-state index in [1.807, 2.05) is 67.6 Å². The molecule has 1 amide bonds. The molecule has 0 saturated heterocycles. The number of carbonyl (C=O) groups is 1. The molecule has 0 bridgehead atoms. The number of amides is 1. The van der Waals surface area contributed by atoms with Gasteiger partial charge in [-0.15, -0.1) is 0 Å². The monoisotopic (exact) mass is 462 g/mol. The normalized spacial score (nSPS) is 11.3. The third-order valence-electron chi connectivity index (χ3n) is 4.93. The van der Waals surface area contributed by atoms with Crippen molar-refractivity contribution in [3.63, 3.8) is 0 Å². The molecular formula is C25H22N2O3S2. The van der Waals surface area contributed by atoms with E-state index in [0.717, 1.165) is 27.3 Å². The lowest BCUT2D eigenvalue weighted by molar-refractivity contribution is -0.115. The fraction of sp³-hybridized carbons (Fsp3) is 0.120. The van der Waals surface area contributed by atoms with Gasteiger partial charge in [0.25, 0.3) is 0 Å². The standard InChI is InChI=1S/C25H22N2O3S2/c1-18-12-14-21(15-13-18)32(29,30)17-16-22(28)26-25-27-23(19-8-4-2-5-9-19)24(31-25)20-10-6-3-7-11-20/h2-15H,16-17H2,1H3,(H,26,27,28). The Labute approximate surface area is 191 Å². The van der Waals surface area contributed by atoms with Gasteiger partial charge in [0.1, 0.15) is 0 Å². The van der Waals surface area contributed by atoms with E-state index in [1.54, 1.807) is 24.3 Å². The number of carbonyl (C=O) groups excluding carboxylic acids is 1. The number of sulfone groups is 1. The first kappa shape index (κ1) is 21.9. The molecule has 32 heavy (non-hydrogen) atoms. The second-order valence-corrected chi connectivity index (χ2v) is 10.5. The molecule has 0 aliphatic carbocycles. The molecule has 4 aromatic rings. The number of anilines is 1. The molecule has 5 nitrogen and oxygen atoms in total. The van der Waals surface area contributed by atoms with Crippen molar-refractivity contribution in [3.05, 3.63) is 90.5 Å². The summed E-state index contributed by atoms with van der Waals surface area (Å²) in [5, 5.41) is 3.22. The van der Waals surface area contributed by atoms with Gasteiger partial charge in [0.05, 0.1) is 21.2 Å². The van der Waals surface area contributed by atoms with Crippen LogP contribution in [0.5, 0.6) is 0 Å². The molecule has 0 atom stereocenters. The minimum atomic E-state index is -3.53. The summed E-state index contributed by atoms with van der Waals surface area (Å²) in [5.74, 6) is -0.640. The summed E-state index contributed by atoms with van der Waals surface area (Å²) in [6.45, 7) is 1.89. The lowest BCUT2D eigenvalue weighted by atomic mass is 10.1. The Morgan fingerprint density at radius 2 is 1.47 bits per heavy atom. The Hall–Kier alpha value is -3.29. The first-order valence-corrected chi connectivity index (χ1v) is 12.6. The smallest absolute Gasteiger partial charge is 0.227 e. The van der Waals surface area contributed by atoms with Crippen LogP contribution in [0.2, 0.25) is 0 Å². The van der Waals surface area contributed by atoms with Crippen molar-refractivity contribution < 1.29 is 13.2 Å². The number of hydrogen-bond donors (Lipinski definition) is 1. The van der Waals surface area contributed by atoms with Crippen LogP contribution in [-0.4, -0.2) is 25.1 Å². The van der Waals surface area contributed by atoms with Gasteiger partial charge in [-0.25, -0.2) is 13.4 Å². The first-order valence-electron chi connectivity index (χ1n) is 10.1. The van der Waals surface area contributed by atoms with Gasteiger partial charge in [-0.1, -0.05) is 89.7 Å². The highest BCUT2D eigenvalue weighted by molar-refractivity contribution is 7.91. The van der Waals surface area contributed by atoms with Gasteiger partial charge in [0.2, 0.25) is 5.91 Å². The predicted molar refractivity (Wildman–Crippen MR) is 129 cm³/mol. The summed E-state index contributed by atoms with van der Waals surface area (Å²) in [7, 11) is -3.53. The molecule has 1 N–H and O–H groups in total. The van der Waals surface area contributed by atoms with Crippen LogP contribution in [0.3, 0.4) is 0 Å². The number of aromatic nitrogens is 1. The Kier molecular flexibility index (Phi) is 6.48. The first-order chi connectivity index (χ1) is 15.4. The average molecular weight is 463 g/mol. The van der Waals surface area contributed by atoms with Crippen molar-refractivity contribution in [3.8, 4) is 21.7 Å². The van der Waals surface area contributed by atoms with E-state index in [0.29, 0.717) is 5.13 Å². The maximum absolute atomic E-state index is 12.5. The Morgan fingerprint density at radius 1 is 0.875 bits per heavy atom. The number of nitrogens with zero attached hydrogens (tertiary/aromatic N) is 1. The fourth-order valence-electron chi connectivity index (χ4n) is 3.22. The Bertz CT molecular complexity index is 1260. The highest BCUT2D eigenvalue weighted by atomic mass is 32.2. The van der Waals surface area contributed by atoms with E-state index in [-0.39, 0.29) is 23.0 Å². The van der Waals surface area contributed by atoms with Crippen molar-refractivity contribution >= 4 is 32.2 Å². The molecule has 0 radical (unpaired) electrons. The number of hydrogen-bond acceptors (Lipinski definition) is 5. The molecule has 162 valence electrons. The van der Waals surface area contributed by atoms with Gasteiger partial charge in [-0.2, -0.15) is 0 Å². The zero-order chi connectivity index (χ0) is 22.6. The minimum Gasteiger partial charge on any atom is -0.302 e. The lowest BCUT2D eigenvalue weighted by Gasteiger charge is -2.05. The molecule has 0 fully saturated rings. The quantitative estimate of drug-likeness (QED) is 0.389. The van der Waals surface area contributed by atoms with Gasteiger partial charge in [-0.05, 0) is 24.6 Å². The summed E-state index contributed by atoms with van der Waals surface area (Å²) >= 11 is 1.37. The van der Waals surface area contributed by atoms with Crippen molar-refractivity contribution in [2.45, 2.75) is 18.2 Å². The number of benzene rings is 3. The molecule has 1 heterocycles. The van der Waals surface area contributed by atoms with Crippen LogP contribution in [0, 0.1) is 6.92 Å². The SMILES string of the molecule is Cc1ccc(S(=O)(=O)CCC(=O)Nc2nc(-c3ccccc3)c(-c3ccccc3)s2)cc1. The molecule has 0 spiro atoms. The molecule has 3 aromatic carbocycles. The van der Waals surface area contributed by atoms with E-state index in [9.17, 15) is 13.2 Å². The topological polar surface area (TPSA) is 76.1 Å². The molecule has 0 unspecified atom stereocenters. The molecule has 4 rings (SSSR count). The highest BCUT2D eigenvalue weighted by Crippen LogP contribution is 2.38. The molecule has 0 aliphatic rings. The zero-order valence-corrected chi connectivity index (χ0v) is 19.1. The molecule has 0 aliphatic heterocycles. The van der Waals surface area contributed by atoms with Crippen molar-refractivity contribution in [1.82, 2.24) is 4.98 Å². The average Bonchev–Trinajstić information content (AvgIpc) is 3.23. The van der Waals surface area contributed by atoms with E-state index in [1.165, 1.54) is 11.3 Å².